The molecule has 1 atom stereocenters. The zero-order valence-electron chi connectivity index (χ0n) is 15.5. The van der Waals surface area contributed by atoms with Gasteiger partial charge in [0.1, 0.15) is 19.3 Å². The summed E-state index contributed by atoms with van der Waals surface area (Å²) in [6.45, 7) is 2.41. The summed E-state index contributed by atoms with van der Waals surface area (Å²) in [5.74, 6) is 0.608. The van der Waals surface area contributed by atoms with Crippen molar-refractivity contribution in [1.29, 1.82) is 0 Å². The minimum absolute atomic E-state index is 0.402. The van der Waals surface area contributed by atoms with Crippen molar-refractivity contribution in [3.63, 3.8) is 0 Å². The molecule has 0 bridgehead atoms. The molecule has 8 nitrogen and oxygen atoms in total. The highest BCUT2D eigenvalue weighted by Crippen LogP contribution is 2.32. The lowest BCUT2D eigenvalue weighted by Crippen LogP contribution is -2.46. The van der Waals surface area contributed by atoms with Crippen LogP contribution < -0.4 is 19.2 Å². The molecule has 148 valence electrons. The number of rotatable bonds is 6. The fourth-order valence-corrected chi connectivity index (χ4v) is 4.02. The summed E-state index contributed by atoms with van der Waals surface area (Å²) in [6, 6.07) is 12.8. The van der Waals surface area contributed by atoms with Gasteiger partial charge in [-0.2, -0.15) is 5.10 Å². The quantitative estimate of drug-likeness (QED) is 0.586. The second-order valence-electron chi connectivity index (χ2n) is 6.18. The largest absolute Gasteiger partial charge is 0.486 e. The van der Waals surface area contributed by atoms with Crippen molar-refractivity contribution in [2.45, 2.75) is 13.0 Å². The van der Waals surface area contributed by atoms with Crippen molar-refractivity contribution in [2.24, 2.45) is 5.10 Å². The zero-order valence-corrected chi connectivity index (χ0v) is 16.3. The van der Waals surface area contributed by atoms with E-state index < -0.39 is 22.0 Å². The van der Waals surface area contributed by atoms with Gasteiger partial charge in [-0.1, -0.05) is 24.3 Å². The van der Waals surface area contributed by atoms with Crippen molar-refractivity contribution < 1.29 is 22.7 Å². The van der Waals surface area contributed by atoms with Gasteiger partial charge in [-0.25, -0.2) is 13.8 Å². The van der Waals surface area contributed by atoms with E-state index in [0.29, 0.717) is 36.0 Å². The van der Waals surface area contributed by atoms with Crippen LogP contribution in [0.4, 0.5) is 5.69 Å². The summed E-state index contributed by atoms with van der Waals surface area (Å²) < 4.78 is 36.6. The minimum Gasteiger partial charge on any atom is -0.486 e. The van der Waals surface area contributed by atoms with Crippen LogP contribution in [0.1, 0.15) is 12.5 Å². The maximum absolute atomic E-state index is 12.5. The number of hydrogen-bond acceptors (Lipinski definition) is 6. The Balaban J connectivity index is 1.74. The smallest absolute Gasteiger partial charge is 0.263 e. The molecule has 0 unspecified atom stereocenters. The Kier molecular flexibility index (Phi) is 5.84. The number of fused-ring (bicyclic) bond motifs is 1. The van der Waals surface area contributed by atoms with Crippen LogP contribution in [0.25, 0.3) is 0 Å². The van der Waals surface area contributed by atoms with E-state index in [1.54, 1.807) is 48.5 Å². The molecular weight excluding hydrogens is 382 g/mol. The van der Waals surface area contributed by atoms with Crippen LogP contribution in [0.15, 0.2) is 53.6 Å². The van der Waals surface area contributed by atoms with E-state index >= 15 is 0 Å². The lowest BCUT2D eigenvalue weighted by molar-refractivity contribution is -0.121. The van der Waals surface area contributed by atoms with E-state index in [9.17, 15) is 13.2 Å². The molecule has 2 aromatic carbocycles. The second-order valence-corrected chi connectivity index (χ2v) is 8.04. The lowest BCUT2D eigenvalue weighted by Gasteiger charge is -2.27. The van der Waals surface area contributed by atoms with Gasteiger partial charge in [0.2, 0.25) is 10.0 Å². The third-order valence-electron chi connectivity index (χ3n) is 4.07. The molecule has 0 fully saturated rings. The van der Waals surface area contributed by atoms with Gasteiger partial charge in [-0.3, -0.25) is 9.10 Å². The van der Waals surface area contributed by atoms with Gasteiger partial charge in [0, 0.05) is 5.56 Å². The first kappa shape index (κ1) is 19.7. The van der Waals surface area contributed by atoms with Gasteiger partial charge in [0.05, 0.1) is 18.2 Å². The monoisotopic (exact) mass is 403 g/mol. The normalized spacial score (nSPS) is 14.5. The topological polar surface area (TPSA) is 97.3 Å². The van der Waals surface area contributed by atoms with Gasteiger partial charge in [-0.05, 0) is 31.2 Å². The number of hydrogen-bond donors (Lipinski definition) is 1. The van der Waals surface area contributed by atoms with Gasteiger partial charge in [-0.15, -0.1) is 0 Å². The van der Waals surface area contributed by atoms with Crippen molar-refractivity contribution >= 4 is 27.8 Å². The summed E-state index contributed by atoms with van der Waals surface area (Å²) in [5, 5.41) is 3.95. The maximum Gasteiger partial charge on any atom is 0.263 e. The summed E-state index contributed by atoms with van der Waals surface area (Å²) in [6.07, 6.45) is 2.49. The highest BCUT2D eigenvalue weighted by atomic mass is 32.2. The Bertz CT molecular complexity index is 976. The molecule has 1 aliphatic rings. The number of carbonyl (C=O) groups is 1. The molecule has 1 N–H and O–H groups in total. The van der Waals surface area contributed by atoms with Crippen LogP contribution in [0.3, 0.4) is 0 Å². The van der Waals surface area contributed by atoms with Gasteiger partial charge in [0.25, 0.3) is 5.91 Å². The highest BCUT2D eigenvalue weighted by molar-refractivity contribution is 7.92. The van der Waals surface area contributed by atoms with Crippen molar-refractivity contribution in [2.75, 3.05) is 23.8 Å². The predicted octanol–water partition coefficient (Wildman–Crippen LogP) is 1.76. The summed E-state index contributed by atoms with van der Waals surface area (Å²) in [4.78, 5) is 12.5. The van der Waals surface area contributed by atoms with Crippen LogP contribution >= 0.6 is 0 Å². The summed E-state index contributed by atoms with van der Waals surface area (Å²) in [5.41, 5.74) is 3.44. The standard InChI is InChI=1S/C19H21N3O5S/c1-14(22(28(2,24)25)16-8-4-3-5-9-16)19(23)21-20-13-15-7-6-10-17-18(15)27-12-11-26-17/h3-10,13-14H,11-12H2,1-2H3,(H,21,23)/b20-13-/t14-/m1/s1. The van der Waals surface area contributed by atoms with Crippen LogP contribution in [-0.4, -0.2) is 46.1 Å². The first-order chi connectivity index (χ1) is 13.4. The van der Waals surface area contributed by atoms with Crippen LogP contribution in [0.5, 0.6) is 11.5 Å². The van der Waals surface area contributed by atoms with Crippen LogP contribution in [-0.2, 0) is 14.8 Å². The van der Waals surface area contributed by atoms with Gasteiger partial charge >= 0.3 is 0 Å². The number of nitrogens with zero attached hydrogens (tertiary/aromatic N) is 2. The van der Waals surface area contributed by atoms with E-state index in [-0.39, 0.29) is 0 Å². The fourth-order valence-electron chi connectivity index (χ4n) is 2.84. The number of benzene rings is 2. The number of para-hydroxylation sites is 2. The van der Waals surface area contributed by atoms with Crippen LogP contribution in [0.2, 0.25) is 0 Å². The summed E-state index contributed by atoms with van der Waals surface area (Å²) in [7, 11) is -3.67. The Morgan fingerprint density at radius 1 is 1.14 bits per heavy atom. The molecule has 1 heterocycles. The lowest BCUT2D eigenvalue weighted by atomic mass is 10.2. The molecule has 1 aliphatic heterocycles. The van der Waals surface area contributed by atoms with Crippen molar-refractivity contribution in [3.8, 4) is 11.5 Å². The van der Waals surface area contributed by atoms with Gasteiger partial charge in [0.15, 0.2) is 11.5 Å². The molecule has 0 radical (unpaired) electrons. The third-order valence-corrected chi connectivity index (χ3v) is 5.32. The minimum atomic E-state index is -3.67. The number of anilines is 1. The number of sulfonamides is 1. The highest BCUT2D eigenvalue weighted by Gasteiger charge is 2.28. The molecule has 3 rings (SSSR count). The fraction of sp³-hybridized carbons (Fsp3) is 0.263. The second kappa shape index (κ2) is 8.30. The van der Waals surface area contributed by atoms with E-state index in [1.165, 1.54) is 13.1 Å². The van der Waals surface area contributed by atoms with Crippen LogP contribution in [0, 0.1) is 0 Å². The predicted molar refractivity (Wildman–Crippen MR) is 106 cm³/mol. The first-order valence-corrected chi connectivity index (χ1v) is 10.5. The average molecular weight is 403 g/mol. The SMILES string of the molecule is C[C@H](C(=O)N/N=C\c1cccc2c1OCCO2)N(c1ccccc1)S(C)(=O)=O. The van der Waals surface area contributed by atoms with E-state index in [1.807, 2.05) is 0 Å². The van der Waals surface area contributed by atoms with Crippen molar-refractivity contribution in [1.82, 2.24) is 5.43 Å². The Morgan fingerprint density at radius 2 is 1.86 bits per heavy atom. The van der Waals surface area contributed by atoms with E-state index in [0.717, 1.165) is 10.6 Å². The number of hydrazone groups is 1. The van der Waals surface area contributed by atoms with Crippen molar-refractivity contribution in [3.05, 3.63) is 54.1 Å². The molecule has 9 heteroatoms. The molecule has 2 aromatic rings. The molecule has 0 aromatic heterocycles. The molecule has 1 amide bonds. The Hall–Kier alpha value is -3.07. The molecule has 0 spiro atoms. The number of nitrogens with one attached hydrogen (secondary N) is 1. The molecule has 0 aliphatic carbocycles. The maximum atomic E-state index is 12.5. The number of ether oxygens (including phenoxy) is 2. The molecule has 0 saturated heterocycles. The van der Waals surface area contributed by atoms with Gasteiger partial charge < -0.3 is 9.47 Å². The molecule has 28 heavy (non-hydrogen) atoms. The Morgan fingerprint density at radius 3 is 2.57 bits per heavy atom. The zero-order chi connectivity index (χ0) is 20.1. The Labute approximate surface area is 163 Å². The molecule has 0 saturated carbocycles. The van der Waals surface area contributed by atoms with E-state index in [2.05, 4.69) is 10.5 Å². The molecular formula is C19H21N3O5S. The summed E-state index contributed by atoms with van der Waals surface area (Å²) >= 11 is 0. The average Bonchev–Trinajstić information content (AvgIpc) is 2.68. The third kappa shape index (κ3) is 4.42. The first-order valence-electron chi connectivity index (χ1n) is 8.64. The van der Waals surface area contributed by atoms with E-state index in [4.69, 9.17) is 9.47 Å². The number of carbonyl (C=O) groups excluding carboxylic acids is 1. The number of amides is 1.